The largest absolute Gasteiger partial charge is 0.336 e. The van der Waals surface area contributed by atoms with E-state index in [1.165, 1.54) is 0 Å². The molecule has 1 nitrogen and oxygen atoms in total. The van der Waals surface area contributed by atoms with E-state index in [0.29, 0.717) is 0 Å². The molecule has 0 heterocycles. The molecule has 0 amide bonds. The van der Waals surface area contributed by atoms with Crippen LogP contribution in [0.3, 0.4) is 0 Å². The van der Waals surface area contributed by atoms with Crippen molar-refractivity contribution in [1.29, 1.82) is 0 Å². The van der Waals surface area contributed by atoms with E-state index in [4.69, 9.17) is 0 Å². The molecule has 0 rings (SSSR count). The second-order valence-corrected chi connectivity index (χ2v) is 4.25. The molecule has 0 fully saturated rings. The van der Waals surface area contributed by atoms with E-state index in [1.807, 2.05) is 13.5 Å². The number of hydrogen-bond donors (Lipinski definition) is 1. The number of rotatable bonds is 2. The normalized spacial score (nSPS) is 10.0. The summed E-state index contributed by atoms with van der Waals surface area (Å²) in [5.41, 5.74) is 0. The van der Waals surface area contributed by atoms with E-state index in [1.54, 1.807) is 0 Å². The van der Waals surface area contributed by atoms with E-state index in [-0.39, 0.29) is 0 Å². The van der Waals surface area contributed by atoms with E-state index in [0.717, 1.165) is 0 Å². The molecule has 37 valence electrons. The molecular formula is C4H12NSi. The molecule has 0 aromatic carbocycles. The first kappa shape index (κ1) is 6.18. The fourth-order valence-corrected chi connectivity index (χ4v) is 1.00. The van der Waals surface area contributed by atoms with Gasteiger partial charge in [-0.05, 0) is 6.92 Å². The molecule has 0 aromatic heterocycles. The highest BCUT2D eigenvalue weighted by Crippen LogP contribution is 1.70. The molecule has 1 N–H and O–H groups in total. The maximum absolute atomic E-state index is 3.22. The molecular weight excluding hydrogens is 90.1 g/mol. The molecule has 0 bridgehead atoms. The fraction of sp³-hybridized carbons (Fsp3) is 0.750. The van der Waals surface area contributed by atoms with Crippen molar-refractivity contribution in [2.24, 2.45) is 0 Å². The van der Waals surface area contributed by atoms with Crippen molar-refractivity contribution in [3.63, 3.8) is 0 Å². The van der Waals surface area contributed by atoms with Crippen LogP contribution in [0.15, 0.2) is 0 Å². The van der Waals surface area contributed by atoms with Crippen molar-refractivity contribution >= 4 is 8.96 Å². The Kier molecular flexibility index (Phi) is 3.47. The van der Waals surface area contributed by atoms with Crippen LogP contribution in [0.4, 0.5) is 0 Å². The Morgan fingerprint density at radius 3 is 2.00 bits per heavy atom. The SMILES string of the molecule is C[CH]N[SiH](C)C. The quantitative estimate of drug-likeness (QED) is 0.507. The maximum atomic E-state index is 3.22. The Morgan fingerprint density at radius 2 is 2.00 bits per heavy atom. The third-order valence-corrected chi connectivity index (χ3v) is 1.50. The number of hydrogen-bond acceptors (Lipinski definition) is 1. The molecule has 0 aliphatic heterocycles. The zero-order chi connectivity index (χ0) is 4.99. The third-order valence-electron chi connectivity index (χ3n) is 0.500. The Hall–Kier alpha value is 0.177. The average Bonchev–Trinajstić information content (AvgIpc) is 1.35. The highest BCUT2D eigenvalue weighted by atomic mass is 28.3. The van der Waals surface area contributed by atoms with Gasteiger partial charge in [-0.3, -0.25) is 0 Å². The van der Waals surface area contributed by atoms with Gasteiger partial charge in [0, 0.05) is 6.54 Å². The van der Waals surface area contributed by atoms with Crippen LogP contribution in [0.1, 0.15) is 6.92 Å². The molecule has 0 aromatic rings. The fourth-order valence-electron chi connectivity index (χ4n) is 0.333. The minimum Gasteiger partial charge on any atom is -0.336 e. The van der Waals surface area contributed by atoms with Gasteiger partial charge in [-0.25, -0.2) is 0 Å². The van der Waals surface area contributed by atoms with Crippen molar-refractivity contribution in [1.82, 2.24) is 4.98 Å². The van der Waals surface area contributed by atoms with E-state index >= 15 is 0 Å². The zero-order valence-corrected chi connectivity index (χ0v) is 5.81. The molecule has 0 saturated heterocycles. The van der Waals surface area contributed by atoms with Gasteiger partial charge < -0.3 is 4.98 Å². The molecule has 0 unspecified atom stereocenters. The summed E-state index contributed by atoms with van der Waals surface area (Å²) in [6.07, 6.45) is 0. The van der Waals surface area contributed by atoms with Crippen LogP contribution in [-0.2, 0) is 0 Å². The van der Waals surface area contributed by atoms with Crippen molar-refractivity contribution in [3.8, 4) is 0 Å². The topological polar surface area (TPSA) is 12.0 Å². The van der Waals surface area contributed by atoms with Crippen LogP contribution in [-0.4, -0.2) is 8.96 Å². The molecule has 0 atom stereocenters. The van der Waals surface area contributed by atoms with Crippen LogP contribution in [0.25, 0.3) is 0 Å². The second-order valence-electron chi connectivity index (χ2n) is 1.61. The van der Waals surface area contributed by atoms with Crippen molar-refractivity contribution in [3.05, 3.63) is 6.54 Å². The Balaban J connectivity index is 2.63. The van der Waals surface area contributed by atoms with Crippen molar-refractivity contribution < 1.29 is 0 Å². The van der Waals surface area contributed by atoms with Crippen molar-refractivity contribution in [2.75, 3.05) is 0 Å². The molecule has 6 heavy (non-hydrogen) atoms. The third kappa shape index (κ3) is 4.18. The summed E-state index contributed by atoms with van der Waals surface area (Å²) in [7, 11) is -0.476. The van der Waals surface area contributed by atoms with Gasteiger partial charge in [0.25, 0.3) is 0 Å². The lowest BCUT2D eigenvalue weighted by Crippen LogP contribution is -2.22. The van der Waals surface area contributed by atoms with Crippen LogP contribution < -0.4 is 4.98 Å². The van der Waals surface area contributed by atoms with Gasteiger partial charge in [0.1, 0.15) is 8.96 Å². The molecule has 0 aliphatic rings. The summed E-state index contributed by atoms with van der Waals surface area (Å²) in [6.45, 7) is 8.53. The first-order chi connectivity index (χ1) is 2.77. The van der Waals surface area contributed by atoms with Crippen LogP contribution in [0.5, 0.6) is 0 Å². The summed E-state index contributed by atoms with van der Waals surface area (Å²) < 4.78 is 0. The van der Waals surface area contributed by atoms with Gasteiger partial charge >= 0.3 is 0 Å². The minimum atomic E-state index is -0.476. The average molecular weight is 102 g/mol. The maximum Gasteiger partial charge on any atom is 0.102 e. The minimum absolute atomic E-state index is 0.476. The van der Waals surface area contributed by atoms with Gasteiger partial charge in [-0.1, -0.05) is 13.1 Å². The lowest BCUT2D eigenvalue weighted by Gasteiger charge is -1.98. The van der Waals surface area contributed by atoms with Gasteiger partial charge in [0.05, 0.1) is 0 Å². The Morgan fingerprint density at radius 1 is 1.50 bits per heavy atom. The highest BCUT2D eigenvalue weighted by Gasteiger charge is 1.85. The van der Waals surface area contributed by atoms with Crippen molar-refractivity contribution in [2.45, 2.75) is 20.0 Å². The summed E-state index contributed by atoms with van der Waals surface area (Å²) in [6, 6.07) is 0. The van der Waals surface area contributed by atoms with Gasteiger partial charge in [-0.15, -0.1) is 0 Å². The van der Waals surface area contributed by atoms with Crippen LogP contribution in [0, 0.1) is 6.54 Å². The smallest absolute Gasteiger partial charge is 0.102 e. The summed E-state index contributed by atoms with van der Waals surface area (Å²) in [5, 5.41) is 0. The van der Waals surface area contributed by atoms with E-state index in [9.17, 15) is 0 Å². The van der Waals surface area contributed by atoms with Gasteiger partial charge in [0.2, 0.25) is 0 Å². The van der Waals surface area contributed by atoms with E-state index in [2.05, 4.69) is 18.1 Å². The lowest BCUT2D eigenvalue weighted by atomic mass is 10.8. The van der Waals surface area contributed by atoms with Gasteiger partial charge in [-0.2, -0.15) is 0 Å². The predicted molar refractivity (Wildman–Crippen MR) is 32.0 cm³/mol. The molecule has 1 radical (unpaired) electrons. The van der Waals surface area contributed by atoms with Crippen LogP contribution in [0.2, 0.25) is 13.1 Å². The lowest BCUT2D eigenvalue weighted by molar-refractivity contribution is 1.14. The summed E-state index contributed by atoms with van der Waals surface area (Å²) in [4.78, 5) is 3.22. The summed E-state index contributed by atoms with van der Waals surface area (Å²) in [5.74, 6) is 0. The first-order valence-corrected chi connectivity index (χ1v) is 5.20. The standard InChI is InChI=1S/C4H12NSi/c1-4-5-6(2)3/h4-6H,1-3H3. The summed E-state index contributed by atoms with van der Waals surface area (Å²) >= 11 is 0. The predicted octanol–water partition coefficient (Wildman–Crippen LogP) is 0.741. The molecule has 2 heteroatoms. The Labute approximate surface area is 41.4 Å². The number of nitrogens with one attached hydrogen (secondary N) is 1. The first-order valence-electron chi connectivity index (χ1n) is 2.31. The zero-order valence-electron chi connectivity index (χ0n) is 4.65. The Bertz CT molecular complexity index is 28.7. The van der Waals surface area contributed by atoms with Gasteiger partial charge in [0.15, 0.2) is 0 Å². The molecule has 0 saturated carbocycles. The monoisotopic (exact) mass is 102 g/mol. The highest BCUT2D eigenvalue weighted by molar-refractivity contribution is 6.53. The van der Waals surface area contributed by atoms with Crippen LogP contribution >= 0.6 is 0 Å². The second kappa shape index (κ2) is 3.37. The molecule has 0 spiro atoms. The van der Waals surface area contributed by atoms with E-state index < -0.39 is 8.96 Å². The molecule has 0 aliphatic carbocycles.